The summed E-state index contributed by atoms with van der Waals surface area (Å²) in [4.78, 5) is 35.6. The van der Waals surface area contributed by atoms with Crippen molar-refractivity contribution in [2.75, 3.05) is 13.1 Å². The highest BCUT2D eigenvalue weighted by molar-refractivity contribution is 5.98. The molecule has 0 heterocycles. The number of unbranched alkanes of at least 4 members (excludes halogenated alkanes) is 4. The lowest BCUT2D eigenvalue weighted by Crippen LogP contribution is -2.48. The van der Waals surface area contributed by atoms with Crippen molar-refractivity contribution in [2.24, 2.45) is 11.5 Å². The number of primary amides is 1. The maximum atomic E-state index is 12.2. The molecule has 1 aromatic carbocycles. The van der Waals surface area contributed by atoms with Gasteiger partial charge in [-0.3, -0.25) is 14.4 Å². The van der Waals surface area contributed by atoms with Gasteiger partial charge in [0.05, 0.1) is 6.42 Å². The van der Waals surface area contributed by atoms with Gasteiger partial charge in [-0.2, -0.15) is 0 Å². The highest BCUT2D eigenvalue weighted by Gasteiger charge is 2.23. The molecule has 0 saturated heterocycles. The molecule has 0 aliphatic heterocycles. The van der Waals surface area contributed by atoms with Gasteiger partial charge in [-0.15, -0.1) is 0 Å². The Bertz CT molecular complexity index is 549. The van der Waals surface area contributed by atoms with Crippen LogP contribution in [0, 0.1) is 0 Å². The van der Waals surface area contributed by atoms with Gasteiger partial charge in [-0.05, 0) is 31.5 Å². The standard InChI is InChI=1S/C18H28N4O3/c19-11-7-2-1-3-8-12-21-18(25)15(13-16(20)23)22-17(24)14-9-5-4-6-10-14/h4-6,9-10,15H,1-3,7-8,11-13,19H2,(H2,20,23)(H,21,25)(H,22,24). The number of amides is 3. The zero-order valence-electron chi connectivity index (χ0n) is 14.5. The average Bonchev–Trinajstić information content (AvgIpc) is 2.60. The molecule has 138 valence electrons. The van der Waals surface area contributed by atoms with Crippen molar-refractivity contribution in [3.8, 4) is 0 Å². The van der Waals surface area contributed by atoms with Crippen LogP contribution in [0.2, 0.25) is 0 Å². The fourth-order valence-corrected chi connectivity index (χ4v) is 2.38. The molecule has 7 nitrogen and oxygen atoms in total. The molecule has 1 unspecified atom stereocenters. The summed E-state index contributed by atoms with van der Waals surface area (Å²) in [5.74, 6) is -1.45. The summed E-state index contributed by atoms with van der Waals surface area (Å²) in [7, 11) is 0. The molecule has 0 aliphatic carbocycles. The fraction of sp³-hybridized carbons (Fsp3) is 0.500. The first kappa shape index (κ1) is 20.6. The second-order valence-corrected chi connectivity index (χ2v) is 5.91. The summed E-state index contributed by atoms with van der Waals surface area (Å²) in [5, 5.41) is 5.32. The van der Waals surface area contributed by atoms with Gasteiger partial charge in [0, 0.05) is 12.1 Å². The monoisotopic (exact) mass is 348 g/mol. The van der Waals surface area contributed by atoms with Crippen molar-refractivity contribution < 1.29 is 14.4 Å². The molecule has 1 rings (SSSR count). The Labute approximate surface area is 148 Å². The van der Waals surface area contributed by atoms with E-state index in [0.29, 0.717) is 18.7 Å². The first-order chi connectivity index (χ1) is 12.0. The van der Waals surface area contributed by atoms with Gasteiger partial charge in [0.25, 0.3) is 5.91 Å². The van der Waals surface area contributed by atoms with E-state index in [0.717, 1.165) is 32.1 Å². The minimum absolute atomic E-state index is 0.235. The van der Waals surface area contributed by atoms with E-state index >= 15 is 0 Å². The van der Waals surface area contributed by atoms with Crippen LogP contribution in [0.1, 0.15) is 48.9 Å². The van der Waals surface area contributed by atoms with Crippen LogP contribution in [0.5, 0.6) is 0 Å². The number of benzene rings is 1. The molecule has 25 heavy (non-hydrogen) atoms. The van der Waals surface area contributed by atoms with Crippen LogP contribution in [-0.4, -0.2) is 36.9 Å². The molecule has 0 saturated carbocycles. The summed E-state index contributed by atoms with van der Waals surface area (Å²) in [6, 6.07) is 7.54. The Balaban J connectivity index is 2.44. The Morgan fingerprint density at radius 2 is 1.60 bits per heavy atom. The van der Waals surface area contributed by atoms with Gasteiger partial charge in [0.15, 0.2) is 0 Å². The molecule has 3 amide bonds. The second-order valence-electron chi connectivity index (χ2n) is 5.91. The highest BCUT2D eigenvalue weighted by Crippen LogP contribution is 2.03. The number of rotatable bonds is 12. The van der Waals surface area contributed by atoms with E-state index in [1.54, 1.807) is 30.3 Å². The molecular formula is C18H28N4O3. The molecule has 1 aromatic rings. The van der Waals surface area contributed by atoms with E-state index in [9.17, 15) is 14.4 Å². The van der Waals surface area contributed by atoms with Gasteiger partial charge in [-0.25, -0.2) is 0 Å². The first-order valence-electron chi connectivity index (χ1n) is 8.66. The van der Waals surface area contributed by atoms with Crippen molar-refractivity contribution >= 4 is 17.7 Å². The normalized spacial score (nSPS) is 11.6. The van der Waals surface area contributed by atoms with Crippen molar-refractivity contribution in [1.82, 2.24) is 10.6 Å². The number of nitrogens with two attached hydrogens (primary N) is 2. The third-order valence-electron chi connectivity index (χ3n) is 3.74. The van der Waals surface area contributed by atoms with Crippen LogP contribution in [0.3, 0.4) is 0 Å². The van der Waals surface area contributed by atoms with Crippen LogP contribution < -0.4 is 22.1 Å². The highest BCUT2D eigenvalue weighted by atomic mass is 16.2. The van der Waals surface area contributed by atoms with Crippen LogP contribution in [-0.2, 0) is 9.59 Å². The first-order valence-corrected chi connectivity index (χ1v) is 8.66. The maximum absolute atomic E-state index is 12.2. The van der Waals surface area contributed by atoms with E-state index in [4.69, 9.17) is 11.5 Å². The Kier molecular flexibility index (Phi) is 9.92. The Morgan fingerprint density at radius 1 is 0.960 bits per heavy atom. The largest absolute Gasteiger partial charge is 0.370 e. The van der Waals surface area contributed by atoms with E-state index in [2.05, 4.69) is 10.6 Å². The lowest BCUT2D eigenvalue weighted by atomic mass is 10.1. The van der Waals surface area contributed by atoms with Crippen molar-refractivity contribution in [3.63, 3.8) is 0 Å². The number of hydrogen-bond acceptors (Lipinski definition) is 4. The molecule has 0 radical (unpaired) electrons. The van der Waals surface area contributed by atoms with Gasteiger partial charge in [0.1, 0.15) is 6.04 Å². The number of carbonyl (C=O) groups excluding carboxylic acids is 3. The lowest BCUT2D eigenvalue weighted by molar-refractivity contribution is -0.126. The van der Waals surface area contributed by atoms with Crippen molar-refractivity contribution in [3.05, 3.63) is 35.9 Å². The van der Waals surface area contributed by atoms with E-state index in [1.165, 1.54) is 0 Å². The molecule has 0 bridgehead atoms. The van der Waals surface area contributed by atoms with Gasteiger partial charge < -0.3 is 22.1 Å². The number of carbonyl (C=O) groups is 3. The smallest absolute Gasteiger partial charge is 0.251 e. The molecule has 6 N–H and O–H groups in total. The van der Waals surface area contributed by atoms with Crippen LogP contribution in [0.4, 0.5) is 0 Å². The van der Waals surface area contributed by atoms with Gasteiger partial charge in [0.2, 0.25) is 11.8 Å². The van der Waals surface area contributed by atoms with Crippen molar-refractivity contribution in [1.29, 1.82) is 0 Å². The summed E-state index contributed by atoms with van der Waals surface area (Å²) in [6.45, 7) is 1.20. The summed E-state index contributed by atoms with van der Waals surface area (Å²) >= 11 is 0. The molecule has 0 fully saturated rings. The topological polar surface area (TPSA) is 127 Å². The fourth-order valence-electron chi connectivity index (χ4n) is 2.38. The quantitative estimate of drug-likeness (QED) is 0.414. The predicted octanol–water partition coefficient (Wildman–Crippen LogP) is 0.686. The maximum Gasteiger partial charge on any atom is 0.251 e. The minimum Gasteiger partial charge on any atom is -0.370 e. The molecule has 0 aromatic heterocycles. The Hall–Kier alpha value is -2.41. The number of nitrogens with one attached hydrogen (secondary N) is 2. The number of hydrogen-bond donors (Lipinski definition) is 4. The third kappa shape index (κ3) is 8.85. The molecule has 0 aliphatic rings. The second kappa shape index (κ2) is 12.0. The van der Waals surface area contributed by atoms with Gasteiger partial charge >= 0.3 is 0 Å². The lowest BCUT2D eigenvalue weighted by Gasteiger charge is -2.17. The zero-order chi connectivity index (χ0) is 18.5. The molecule has 1 atom stereocenters. The molecular weight excluding hydrogens is 320 g/mol. The zero-order valence-corrected chi connectivity index (χ0v) is 14.5. The van der Waals surface area contributed by atoms with E-state index in [1.807, 2.05) is 0 Å². The van der Waals surface area contributed by atoms with Crippen LogP contribution in [0.15, 0.2) is 30.3 Å². The third-order valence-corrected chi connectivity index (χ3v) is 3.74. The summed E-state index contributed by atoms with van der Waals surface area (Å²) in [5.41, 5.74) is 11.0. The van der Waals surface area contributed by atoms with Crippen LogP contribution >= 0.6 is 0 Å². The van der Waals surface area contributed by atoms with Gasteiger partial charge in [-0.1, -0.05) is 37.5 Å². The predicted molar refractivity (Wildman–Crippen MR) is 96.7 cm³/mol. The van der Waals surface area contributed by atoms with E-state index in [-0.39, 0.29) is 6.42 Å². The Morgan fingerprint density at radius 3 is 2.24 bits per heavy atom. The van der Waals surface area contributed by atoms with Crippen molar-refractivity contribution in [2.45, 2.75) is 44.6 Å². The molecule has 0 spiro atoms. The van der Waals surface area contributed by atoms with Crippen LogP contribution in [0.25, 0.3) is 0 Å². The minimum atomic E-state index is -0.970. The summed E-state index contributed by atoms with van der Waals surface area (Å²) < 4.78 is 0. The summed E-state index contributed by atoms with van der Waals surface area (Å²) in [6.07, 6.45) is 4.77. The average molecular weight is 348 g/mol. The van der Waals surface area contributed by atoms with E-state index < -0.39 is 23.8 Å². The SMILES string of the molecule is NCCCCCCCNC(=O)C(CC(N)=O)NC(=O)c1ccccc1. The molecule has 7 heteroatoms.